The SMILES string of the molecule is Cc1ccc2oc(C(=Nc3ccc(OCCN4CCCC4)cc3)c3c(N)n[nH]c(=O)c3N)c(C)c2c1. The lowest BCUT2D eigenvalue weighted by Crippen LogP contribution is -2.25. The molecule has 36 heavy (non-hydrogen) atoms. The third-order valence-corrected chi connectivity index (χ3v) is 6.54. The summed E-state index contributed by atoms with van der Waals surface area (Å²) in [7, 11) is 0. The number of furan rings is 1. The number of nitrogen functional groups attached to an aromatic ring is 2. The molecular weight excluding hydrogens is 456 g/mol. The molecule has 186 valence electrons. The topological polar surface area (TPSA) is 136 Å². The van der Waals surface area contributed by atoms with E-state index in [-0.39, 0.29) is 17.1 Å². The van der Waals surface area contributed by atoms with Gasteiger partial charge >= 0.3 is 0 Å². The predicted molar refractivity (Wildman–Crippen MR) is 142 cm³/mol. The first-order chi connectivity index (χ1) is 17.4. The highest BCUT2D eigenvalue weighted by Crippen LogP contribution is 2.32. The second-order valence-electron chi connectivity index (χ2n) is 9.13. The van der Waals surface area contributed by atoms with Crippen LogP contribution in [0, 0.1) is 13.8 Å². The summed E-state index contributed by atoms with van der Waals surface area (Å²) in [6, 6.07) is 13.4. The van der Waals surface area contributed by atoms with Gasteiger partial charge in [-0.15, -0.1) is 0 Å². The summed E-state index contributed by atoms with van der Waals surface area (Å²) in [5.41, 5.74) is 15.6. The van der Waals surface area contributed by atoms with Crippen LogP contribution in [0.1, 0.15) is 35.3 Å². The molecule has 1 aliphatic rings. The fourth-order valence-corrected chi connectivity index (χ4v) is 4.55. The van der Waals surface area contributed by atoms with Gasteiger partial charge in [-0.1, -0.05) is 11.6 Å². The number of rotatable bonds is 7. The predicted octanol–water partition coefficient (Wildman–Crippen LogP) is 3.94. The molecule has 4 aromatic rings. The van der Waals surface area contributed by atoms with Crippen molar-refractivity contribution in [3.63, 3.8) is 0 Å². The molecule has 1 saturated heterocycles. The molecule has 0 spiro atoms. The third kappa shape index (κ3) is 4.70. The Morgan fingerprint density at radius 1 is 1.14 bits per heavy atom. The number of aryl methyl sites for hydroxylation is 2. The van der Waals surface area contributed by atoms with Gasteiger partial charge in [-0.2, -0.15) is 5.10 Å². The van der Waals surface area contributed by atoms with Crippen LogP contribution < -0.4 is 21.8 Å². The highest BCUT2D eigenvalue weighted by Gasteiger charge is 2.24. The van der Waals surface area contributed by atoms with E-state index in [9.17, 15) is 4.79 Å². The van der Waals surface area contributed by atoms with E-state index in [1.54, 1.807) is 0 Å². The Morgan fingerprint density at radius 3 is 2.64 bits per heavy atom. The molecule has 0 saturated carbocycles. The summed E-state index contributed by atoms with van der Waals surface area (Å²) in [6.07, 6.45) is 2.52. The van der Waals surface area contributed by atoms with Gasteiger partial charge in [-0.25, -0.2) is 10.1 Å². The molecule has 5 N–H and O–H groups in total. The van der Waals surface area contributed by atoms with Crippen LogP contribution in [0.25, 0.3) is 11.0 Å². The van der Waals surface area contributed by atoms with Crippen molar-refractivity contribution in [2.24, 2.45) is 4.99 Å². The number of benzene rings is 2. The quantitative estimate of drug-likeness (QED) is 0.337. The minimum Gasteiger partial charge on any atom is -0.492 e. The Hall–Kier alpha value is -4.11. The summed E-state index contributed by atoms with van der Waals surface area (Å²) < 4.78 is 12.1. The molecule has 0 bridgehead atoms. The Bertz CT molecular complexity index is 1480. The third-order valence-electron chi connectivity index (χ3n) is 6.54. The lowest BCUT2D eigenvalue weighted by atomic mass is 10.0. The van der Waals surface area contributed by atoms with E-state index >= 15 is 0 Å². The van der Waals surface area contributed by atoms with Crippen LogP contribution >= 0.6 is 0 Å². The Balaban J connectivity index is 1.52. The molecule has 1 fully saturated rings. The Kier molecular flexibility index (Phi) is 6.47. The normalized spacial score (nSPS) is 14.6. The number of hydrogen-bond donors (Lipinski definition) is 3. The molecule has 1 aliphatic heterocycles. The van der Waals surface area contributed by atoms with Gasteiger partial charge in [0.1, 0.15) is 29.3 Å². The summed E-state index contributed by atoms with van der Waals surface area (Å²) in [6.45, 7) is 7.81. The van der Waals surface area contributed by atoms with Crippen LogP contribution in [0.3, 0.4) is 0 Å². The van der Waals surface area contributed by atoms with Crippen molar-refractivity contribution in [1.82, 2.24) is 15.1 Å². The van der Waals surface area contributed by atoms with Crippen molar-refractivity contribution in [2.75, 3.05) is 37.7 Å². The molecule has 2 aromatic carbocycles. The zero-order valence-corrected chi connectivity index (χ0v) is 20.5. The van der Waals surface area contributed by atoms with Crippen molar-refractivity contribution < 1.29 is 9.15 Å². The lowest BCUT2D eigenvalue weighted by Gasteiger charge is -2.15. The number of aromatic amines is 1. The number of likely N-dealkylation sites (tertiary alicyclic amines) is 1. The first-order valence-corrected chi connectivity index (χ1v) is 12.1. The average Bonchev–Trinajstić information content (AvgIpc) is 3.50. The molecule has 9 heteroatoms. The van der Waals surface area contributed by atoms with Crippen LogP contribution in [0.15, 0.2) is 56.7 Å². The van der Waals surface area contributed by atoms with Crippen LogP contribution in [0.5, 0.6) is 5.75 Å². The number of H-pyrrole nitrogens is 1. The molecule has 9 nitrogen and oxygen atoms in total. The number of nitrogens with zero attached hydrogens (tertiary/aromatic N) is 3. The van der Waals surface area contributed by atoms with Crippen LogP contribution in [-0.2, 0) is 0 Å². The smallest absolute Gasteiger partial charge is 0.288 e. The zero-order valence-electron chi connectivity index (χ0n) is 20.5. The van der Waals surface area contributed by atoms with Gasteiger partial charge in [0, 0.05) is 17.5 Å². The number of aliphatic imine (C=N–C) groups is 1. The van der Waals surface area contributed by atoms with Gasteiger partial charge in [0.25, 0.3) is 5.56 Å². The Labute approximate surface area is 208 Å². The van der Waals surface area contributed by atoms with Gasteiger partial charge < -0.3 is 20.6 Å². The van der Waals surface area contributed by atoms with E-state index in [0.29, 0.717) is 29.3 Å². The Morgan fingerprint density at radius 2 is 1.89 bits per heavy atom. The van der Waals surface area contributed by atoms with E-state index in [2.05, 4.69) is 15.1 Å². The summed E-state index contributed by atoms with van der Waals surface area (Å²) >= 11 is 0. The van der Waals surface area contributed by atoms with Crippen LogP contribution in [0.4, 0.5) is 17.2 Å². The van der Waals surface area contributed by atoms with Crippen molar-refractivity contribution in [1.29, 1.82) is 0 Å². The van der Waals surface area contributed by atoms with E-state index in [1.807, 2.05) is 56.3 Å². The highest BCUT2D eigenvalue weighted by molar-refractivity contribution is 6.19. The highest BCUT2D eigenvalue weighted by atomic mass is 16.5. The summed E-state index contributed by atoms with van der Waals surface area (Å²) in [4.78, 5) is 19.6. The maximum Gasteiger partial charge on any atom is 0.288 e. The summed E-state index contributed by atoms with van der Waals surface area (Å²) in [5.74, 6) is 1.30. The first-order valence-electron chi connectivity index (χ1n) is 12.1. The fraction of sp³-hybridized carbons (Fsp3) is 0.296. The molecule has 0 unspecified atom stereocenters. The average molecular weight is 487 g/mol. The van der Waals surface area contributed by atoms with Crippen molar-refractivity contribution in [2.45, 2.75) is 26.7 Å². The minimum atomic E-state index is -0.543. The number of anilines is 2. The number of aromatic nitrogens is 2. The molecule has 0 radical (unpaired) electrons. The number of hydrogen-bond acceptors (Lipinski definition) is 8. The monoisotopic (exact) mass is 486 g/mol. The van der Waals surface area contributed by atoms with Gasteiger partial charge in [0.05, 0.1) is 11.3 Å². The summed E-state index contributed by atoms with van der Waals surface area (Å²) in [5, 5.41) is 7.19. The van der Waals surface area contributed by atoms with Crippen molar-refractivity contribution >= 4 is 33.9 Å². The number of nitrogens with one attached hydrogen (secondary N) is 1. The van der Waals surface area contributed by atoms with Gasteiger partial charge in [0.15, 0.2) is 11.6 Å². The standard InChI is InChI=1S/C27H30N6O3/c1-16-5-10-21-20(15-16)17(2)25(36-21)24(22-23(28)27(34)32-31-26(22)29)30-18-6-8-19(9-7-18)35-14-13-33-11-3-4-12-33/h5-10,15H,3-4,11-14H2,1-2H3,(H,32,34)(H4,28,29,31). The molecular formula is C27H30N6O3. The molecule has 0 atom stereocenters. The van der Waals surface area contributed by atoms with Crippen molar-refractivity contribution in [3.05, 3.63) is 75.3 Å². The molecule has 5 rings (SSSR count). The van der Waals surface area contributed by atoms with Gasteiger partial charge in [-0.3, -0.25) is 9.69 Å². The van der Waals surface area contributed by atoms with E-state index < -0.39 is 5.56 Å². The van der Waals surface area contributed by atoms with E-state index in [0.717, 1.165) is 41.9 Å². The fourth-order valence-electron chi connectivity index (χ4n) is 4.55. The van der Waals surface area contributed by atoms with Gasteiger partial charge in [-0.05, 0) is 76.2 Å². The first kappa shape index (κ1) is 23.6. The number of ether oxygens (including phenoxy) is 1. The van der Waals surface area contributed by atoms with Crippen molar-refractivity contribution in [3.8, 4) is 5.75 Å². The zero-order chi connectivity index (χ0) is 25.2. The molecule has 0 amide bonds. The van der Waals surface area contributed by atoms with Crippen LogP contribution in [-0.4, -0.2) is 47.1 Å². The second kappa shape index (κ2) is 9.87. The maximum absolute atomic E-state index is 12.3. The van der Waals surface area contributed by atoms with Gasteiger partial charge in [0.2, 0.25) is 0 Å². The van der Waals surface area contributed by atoms with Crippen LogP contribution in [0.2, 0.25) is 0 Å². The lowest BCUT2D eigenvalue weighted by molar-refractivity contribution is 0.238. The second-order valence-corrected chi connectivity index (χ2v) is 9.13. The number of nitrogens with two attached hydrogens (primary N) is 2. The molecule has 2 aromatic heterocycles. The van der Waals surface area contributed by atoms with E-state index in [1.165, 1.54) is 12.8 Å². The number of fused-ring (bicyclic) bond motifs is 1. The minimum absolute atomic E-state index is 0.0590. The maximum atomic E-state index is 12.3. The van der Waals surface area contributed by atoms with E-state index in [4.69, 9.17) is 25.6 Å². The largest absolute Gasteiger partial charge is 0.492 e. The molecule has 0 aliphatic carbocycles. The molecule has 3 heterocycles.